The summed E-state index contributed by atoms with van der Waals surface area (Å²) in [6, 6.07) is 8.08. The summed E-state index contributed by atoms with van der Waals surface area (Å²) in [5, 5.41) is 0.877. The molecule has 2 heterocycles. The van der Waals surface area contributed by atoms with Crippen molar-refractivity contribution in [1.29, 1.82) is 0 Å². The standard InChI is InChI=1S/C15H16N2OS/c1-11-6-2-3-7-12(11)10-13-14(18)16-15(19-13)17-8-4-5-9-17/h2-3,6-7,10H,4-5,8-9H2,1H3/b13-10-. The Bertz CT molecular complexity index is 571. The van der Waals surface area contributed by atoms with Crippen LogP contribution in [0.4, 0.5) is 0 Å². The fraction of sp³-hybridized carbons (Fsp3) is 0.333. The van der Waals surface area contributed by atoms with Gasteiger partial charge >= 0.3 is 0 Å². The fourth-order valence-electron chi connectivity index (χ4n) is 2.33. The molecule has 1 amide bonds. The molecule has 2 aliphatic heterocycles. The highest BCUT2D eigenvalue weighted by atomic mass is 32.2. The van der Waals surface area contributed by atoms with Crippen molar-refractivity contribution in [2.24, 2.45) is 4.99 Å². The van der Waals surface area contributed by atoms with Crippen LogP contribution < -0.4 is 0 Å². The van der Waals surface area contributed by atoms with Crippen LogP contribution in [-0.2, 0) is 4.79 Å². The average Bonchev–Trinajstić information content (AvgIpc) is 3.02. The molecule has 0 atom stereocenters. The van der Waals surface area contributed by atoms with Crippen LogP contribution in [0, 0.1) is 6.92 Å². The Morgan fingerprint density at radius 3 is 2.74 bits per heavy atom. The minimum absolute atomic E-state index is 0.102. The number of hydrogen-bond acceptors (Lipinski definition) is 3. The molecule has 0 aromatic heterocycles. The van der Waals surface area contributed by atoms with Gasteiger partial charge in [-0.1, -0.05) is 24.3 Å². The quantitative estimate of drug-likeness (QED) is 0.737. The van der Waals surface area contributed by atoms with Crippen LogP contribution in [0.5, 0.6) is 0 Å². The summed E-state index contributed by atoms with van der Waals surface area (Å²) < 4.78 is 0. The topological polar surface area (TPSA) is 32.7 Å². The first-order valence-corrected chi connectivity index (χ1v) is 7.39. The minimum Gasteiger partial charge on any atom is -0.351 e. The van der Waals surface area contributed by atoms with E-state index < -0.39 is 0 Å². The van der Waals surface area contributed by atoms with Gasteiger partial charge in [-0.3, -0.25) is 4.79 Å². The summed E-state index contributed by atoms with van der Waals surface area (Å²) in [5.74, 6) is -0.102. The van der Waals surface area contributed by atoms with Crippen LogP contribution in [0.25, 0.3) is 6.08 Å². The van der Waals surface area contributed by atoms with Crippen molar-refractivity contribution in [2.75, 3.05) is 13.1 Å². The Morgan fingerprint density at radius 2 is 2.00 bits per heavy atom. The molecule has 19 heavy (non-hydrogen) atoms. The van der Waals surface area contributed by atoms with Gasteiger partial charge in [-0.2, -0.15) is 4.99 Å². The summed E-state index contributed by atoms with van der Waals surface area (Å²) >= 11 is 1.51. The molecule has 0 radical (unpaired) electrons. The Morgan fingerprint density at radius 1 is 1.26 bits per heavy atom. The number of likely N-dealkylation sites (tertiary alicyclic amines) is 1. The largest absolute Gasteiger partial charge is 0.351 e. The van der Waals surface area contributed by atoms with Gasteiger partial charge in [0.2, 0.25) is 0 Å². The number of rotatable bonds is 1. The van der Waals surface area contributed by atoms with Gasteiger partial charge in [-0.15, -0.1) is 0 Å². The van der Waals surface area contributed by atoms with E-state index in [9.17, 15) is 4.79 Å². The zero-order chi connectivity index (χ0) is 13.2. The van der Waals surface area contributed by atoms with Crippen molar-refractivity contribution in [1.82, 2.24) is 4.90 Å². The van der Waals surface area contributed by atoms with Gasteiger partial charge in [-0.05, 0) is 48.7 Å². The average molecular weight is 272 g/mol. The van der Waals surface area contributed by atoms with Gasteiger partial charge < -0.3 is 4.90 Å². The zero-order valence-corrected chi connectivity index (χ0v) is 11.7. The van der Waals surface area contributed by atoms with Crippen molar-refractivity contribution < 1.29 is 4.79 Å². The molecule has 0 spiro atoms. The van der Waals surface area contributed by atoms with E-state index in [1.54, 1.807) is 0 Å². The summed E-state index contributed by atoms with van der Waals surface area (Å²) in [7, 11) is 0. The Kier molecular flexibility index (Phi) is 3.42. The summed E-state index contributed by atoms with van der Waals surface area (Å²) in [6.07, 6.45) is 4.35. The molecule has 1 fully saturated rings. The number of aliphatic imine (C=N–C) groups is 1. The molecular formula is C15H16N2OS. The molecule has 0 bridgehead atoms. The van der Waals surface area contributed by atoms with E-state index in [0.717, 1.165) is 28.7 Å². The fourth-order valence-corrected chi connectivity index (χ4v) is 3.29. The lowest BCUT2D eigenvalue weighted by Gasteiger charge is -2.14. The van der Waals surface area contributed by atoms with E-state index in [1.807, 2.05) is 24.3 Å². The Hall–Kier alpha value is -1.55. The number of carbonyl (C=O) groups is 1. The maximum absolute atomic E-state index is 12.0. The molecule has 3 nitrogen and oxygen atoms in total. The first-order chi connectivity index (χ1) is 9.24. The molecule has 98 valence electrons. The van der Waals surface area contributed by atoms with E-state index >= 15 is 0 Å². The van der Waals surface area contributed by atoms with Crippen LogP contribution in [0.1, 0.15) is 24.0 Å². The molecule has 1 aromatic carbocycles. The van der Waals surface area contributed by atoms with Crippen LogP contribution >= 0.6 is 11.8 Å². The first-order valence-electron chi connectivity index (χ1n) is 6.57. The molecule has 0 N–H and O–H groups in total. The number of thioether (sulfide) groups is 1. The molecule has 1 saturated heterocycles. The normalized spacial score (nSPS) is 21.3. The predicted octanol–water partition coefficient (Wildman–Crippen LogP) is 3.06. The summed E-state index contributed by atoms with van der Waals surface area (Å²) in [4.78, 5) is 19.1. The monoisotopic (exact) mass is 272 g/mol. The second-order valence-corrected chi connectivity index (χ2v) is 5.87. The summed E-state index contributed by atoms with van der Waals surface area (Å²) in [5.41, 5.74) is 2.27. The van der Waals surface area contributed by atoms with Gasteiger partial charge in [0.1, 0.15) is 0 Å². The maximum atomic E-state index is 12.0. The third-order valence-corrected chi connectivity index (χ3v) is 4.51. The van der Waals surface area contributed by atoms with Crippen molar-refractivity contribution in [3.8, 4) is 0 Å². The Labute approximate surface area is 117 Å². The molecule has 0 aliphatic carbocycles. The highest BCUT2D eigenvalue weighted by Crippen LogP contribution is 2.31. The number of aryl methyl sites for hydroxylation is 1. The van der Waals surface area contributed by atoms with Crippen molar-refractivity contribution >= 4 is 28.9 Å². The molecule has 0 unspecified atom stereocenters. The number of nitrogens with zero attached hydrogens (tertiary/aromatic N) is 2. The van der Waals surface area contributed by atoms with E-state index in [1.165, 1.54) is 30.2 Å². The van der Waals surface area contributed by atoms with Crippen LogP contribution in [0.2, 0.25) is 0 Å². The van der Waals surface area contributed by atoms with Crippen LogP contribution in [0.3, 0.4) is 0 Å². The minimum atomic E-state index is -0.102. The Balaban J connectivity index is 1.81. The van der Waals surface area contributed by atoms with E-state index in [0.29, 0.717) is 0 Å². The maximum Gasteiger partial charge on any atom is 0.286 e. The molecule has 3 rings (SSSR count). The predicted molar refractivity (Wildman–Crippen MR) is 80.0 cm³/mol. The number of hydrogen-bond donors (Lipinski definition) is 0. The van der Waals surface area contributed by atoms with Crippen LogP contribution in [0.15, 0.2) is 34.2 Å². The molecule has 1 aromatic rings. The lowest BCUT2D eigenvalue weighted by Crippen LogP contribution is -2.23. The van der Waals surface area contributed by atoms with E-state index in [2.05, 4.69) is 22.9 Å². The lowest BCUT2D eigenvalue weighted by atomic mass is 10.1. The highest BCUT2D eigenvalue weighted by Gasteiger charge is 2.27. The van der Waals surface area contributed by atoms with Crippen LogP contribution in [-0.4, -0.2) is 29.1 Å². The number of benzene rings is 1. The third-order valence-electron chi connectivity index (χ3n) is 3.46. The zero-order valence-electron chi connectivity index (χ0n) is 10.9. The van der Waals surface area contributed by atoms with Crippen molar-refractivity contribution in [2.45, 2.75) is 19.8 Å². The molecular weight excluding hydrogens is 256 g/mol. The molecule has 4 heteroatoms. The van der Waals surface area contributed by atoms with Crippen molar-refractivity contribution in [3.05, 3.63) is 40.3 Å². The first kappa shape index (κ1) is 12.5. The molecule has 2 aliphatic rings. The van der Waals surface area contributed by atoms with Gasteiger partial charge in [0, 0.05) is 13.1 Å². The lowest BCUT2D eigenvalue weighted by molar-refractivity contribution is -0.113. The highest BCUT2D eigenvalue weighted by molar-refractivity contribution is 8.18. The number of amidine groups is 1. The van der Waals surface area contributed by atoms with E-state index in [4.69, 9.17) is 0 Å². The van der Waals surface area contributed by atoms with Gasteiger partial charge in [-0.25, -0.2) is 0 Å². The summed E-state index contributed by atoms with van der Waals surface area (Å²) in [6.45, 7) is 4.10. The van der Waals surface area contributed by atoms with Gasteiger partial charge in [0.15, 0.2) is 5.17 Å². The number of amides is 1. The SMILES string of the molecule is Cc1ccccc1/C=C1\SC(N2CCCC2)=NC1=O. The molecule has 0 saturated carbocycles. The smallest absolute Gasteiger partial charge is 0.286 e. The van der Waals surface area contributed by atoms with Gasteiger partial charge in [0.25, 0.3) is 5.91 Å². The third kappa shape index (κ3) is 2.59. The van der Waals surface area contributed by atoms with Crippen molar-refractivity contribution in [3.63, 3.8) is 0 Å². The number of carbonyl (C=O) groups excluding carboxylic acids is 1. The van der Waals surface area contributed by atoms with E-state index in [-0.39, 0.29) is 5.91 Å². The second kappa shape index (κ2) is 5.21. The van der Waals surface area contributed by atoms with Gasteiger partial charge in [0.05, 0.1) is 4.91 Å². The second-order valence-electron chi connectivity index (χ2n) is 4.86.